The third-order valence-electron chi connectivity index (χ3n) is 1.65. The zero-order chi connectivity index (χ0) is 11.1. The molecular weight excluding hydrogens is 198 g/mol. The molecule has 0 atom stereocenters. The van der Waals surface area contributed by atoms with Gasteiger partial charge in [-0.15, -0.1) is 0 Å². The molecule has 2 N–H and O–H groups in total. The number of aromatic nitrogens is 2. The quantitative estimate of drug-likeness (QED) is 0.529. The molecule has 1 heterocycles. The summed E-state index contributed by atoms with van der Waals surface area (Å²) in [5, 5.41) is 8.92. The van der Waals surface area contributed by atoms with Crippen molar-refractivity contribution in [1.82, 2.24) is 15.5 Å². The van der Waals surface area contributed by atoms with Crippen molar-refractivity contribution in [3.8, 4) is 0 Å². The van der Waals surface area contributed by atoms with Crippen molar-refractivity contribution in [3.05, 3.63) is 18.0 Å². The van der Waals surface area contributed by atoms with Crippen LogP contribution in [0.4, 0.5) is 0 Å². The summed E-state index contributed by atoms with van der Waals surface area (Å²) in [4.78, 5) is 22.1. The molecule has 6 nitrogen and oxygen atoms in total. The summed E-state index contributed by atoms with van der Waals surface area (Å²) < 4.78 is 4.63. The second-order valence-corrected chi connectivity index (χ2v) is 2.87. The molecule has 1 amide bonds. The van der Waals surface area contributed by atoms with Crippen LogP contribution in [0.15, 0.2) is 12.4 Å². The lowest BCUT2D eigenvalue weighted by Crippen LogP contribution is -2.25. The molecule has 0 aliphatic heterocycles. The van der Waals surface area contributed by atoms with Crippen molar-refractivity contribution in [2.24, 2.45) is 0 Å². The highest BCUT2D eigenvalue weighted by Crippen LogP contribution is 1.93. The first-order valence-electron chi connectivity index (χ1n) is 4.62. The molecular formula is C9H13N3O3. The van der Waals surface area contributed by atoms with Gasteiger partial charge in [0.25, 0.3) is 0 Å². The molecule has 0 aliphatic rings. The number of aromatic amines is 1. The number of nitrogens with zero attached hydrogens (tertiary/aromatic N) is 1. The fourth-order valence-corrected chi connectivity index (χ4v) is 0.981. The van der Waals surface area contributed by atoms with Crippen LogP contribution in [0.5, 0.6) is 0 Å². The lowest BCUT2D eigenvalue weighted by molar-refractivity contribution is -0.146. The maximum atomic E-state index is 11.2. The van der Waals surface area contributed by atoms with Crippen LogP contribution in [-0.4, -0.2) is 28.7 Å². The number of carbonyl (C=O) groups excluding carboxylic acids is 2. The van der Waals surface area contributed by atoms with Gasteiger partial charge in [0.05, 0.1) is 12.8 Å². The first kappa shape index (κ1) is 11.2. The molecule has 0 unspecified atom stereocenters. The number of hydrogen-bond donors (Lipinski definition) is 2. The van der Waals surface area contributed by atoms with Crippen LogP contribution in [0.25, 0.3) is 0 Å². The predicted octanol–water partition coefficient (Wildman–Crippen LogP) is -0.0209. The van der Waals surface area contributed by atoms with Crippen LogP contribution < -0.4 is 5.32 Å². The Balaban J connectivity index is 2.22. The van der Waals surface area contributed by atoms with Crippen LogP contribution in [-0.2, 0) is 20.9 Å². The summed E-state index contributed by atoms with van der Waals surface area (Å²) in [7, 11) is 0. The average molecular weight is 211 g/mol. The summed E-state index contributed by atoms with van der Waals surface area (Å²) in [6.45, 7) is 2.34. The molecule has 0 fully saturated rings. The largest absolute Gasteiger partial charge is 0.466 e. The molecule has 1 aromatic rings. The van der Waals surface area contributed by atoms with Gasteiger partial charge >= 0.3 is 5.97 Å². The van der Waals surface area contributed by atoms with E-state index in [9.17, 15) is 9.59 Å². The van der Waals surface area contributed by atoms with E-state index < -0.39 is 5.97 Å². The molecule has 1 rings (SSSR count). The van der Waals surface area contributed by atoms with E-state index in [0.29, 0.717) is 6.54 Å². The van der Waals surface area contributed by atoms with E-state index in [4.69, 9.17) is 0 Å². The van der Waals surface area contributed by atoms with Gasteiger partial charge in [0.15, 0.2) is 0 Å². The minimum Gasteiger partial charge on any atom is -0.466 e. The van der Waals surface area contributed by atoms with Crippen molar-refractivity contribution in [2.45, 2.75) is 19.9 Å². The zero-order valence-electron chi connectivity index (χ0n) is 8.45. The number of ether oxygens (including phenoxy) is 1. The molecule has 0 spiro atoms. The second-order valence-electron chi connectivity index (χ2n) is 2.87. The van der Waals surface area contributed by atoms with Crippen molar-refractivity contribution in [2.75, 3.05) is 6.61 Å². The summed E-state index contributed by atoms with van der Waals surface area (Å²) >= 11 is 0. The molecule has 1 aromatic heterocycles. The average Bonchev–Trinajstić information content (AvgIpc) is 2.67. The van der Waals surface area contributed by atoms with Crippen molar-refractivity contribution in [3.63, 3.8) is 0 Å². The topological polar surface area (TPSA) is 84.1 Å². The smallest absolute Gasteiger partial charge is 0.315 e. The number of amides is 1. The molecule has 0 radical (unpaired) electrons. The first-order chi connectivity index (χ1) is 7.22. The first-order valence-corrected chi connectivity index (χ1v) is 4.62. The third kappa shape index (κ3) is 4.26. The van der Waals surface area contributed by atoms with Crippen LogP contribution in [0.2, 0.25) is 0 Å². The van der Waals surface area contributed by atoms with E-state index in [1.807, 2.05) is 0 Å². The number of hydrogen-bond acceptors (Lipinski definition) is 4. The van der Waals surface area contributed by atoms with E-state index >= 15 is 0 Å². The van der Waals surface area contributed by atoms with Gasteiger partial charge in [-0.25, -0.2) is 0 Å². The fraction of sp³-hybridized carbons (Fsp3) is 0.444. The van der Waals surface area contributed by atoms with Crippen molar-refractivity contribution < 1.29 is 14.3 Å². The molecule has 0 saturated carbocycles. The molecule has 0 bridgehead atoms. The summed E-state index contributed by atoms with van der Waals surface area (Å²) in [5.74, 6) is -0.864. The normalized spacial score (nSPS) is 9.67. The Kier molecular flexibility index (Phi) is 4.33. The molecule has 0 aliphatic carbocycles. The minimum atomic E-state index is -0.512. The van der Waals surface area contributed by atoms with Gasteiger partial charge in [-0.2, -0.15) is 5.10 Å². The highest BCUT2D eigenvalue weighted by Gasteiger charge is 2.09. The summed E-state index contributed by atoms with van der Waals surface area (Å²) in [6.07, 6.45) is 3.03. The standard InChI is InChI=1S/C9H13N3O3/c1-2-15-9(14)3-8(13)10-4-7-5-11-12-6-7/h5-6H,2-4H2,1H3,(H,10,13)(H,11,12). The van der Waals surface area contributed by atoms with Gasteiger partial charge in [-0.3, -0.25) is 14.7 Å². The van der Waals surface area contributed by atoms with Crippen LogP contribution >= 0.6 is 0 Å². The van der Waals surface area contributed by atoms with Crippen LogP contribution in [0.3, 0.4) is 0 Å². The van der Waals surface area contributed by atoms with Gasteiger partial charge in [-0.1, -0.05) is 0 Å². The molecule has 15 heavy (non-hydrogen) atoms. The van der Waals surface area contributed by atoms with Crippen molar-refractivity contribution in [1.29, 1.82) is 0 Å². The minimum absolute atomic E-state index is 0.244. The Labute approximate surface area is 87.0 Å². The van der Waals surface area contributed by atoms with E-state index in [1.54, 1.807) is 19.3 Å². The second kappa shape index (κ2) is 5.79. The predicted molar refractivity (Wildman–Crippen MR) is 51.7 cm³/mol. The van der Waals surface area contributed by atoms with Crippen LogP contribution in [0.1, 0.15) is 18.9 Å². The molecule has 6 heteroatoms. The van der Waals surface area contributed by atoms with Gasteiger partial charge < -0.3 is 10.1 Å². The van der Waals surface area contributed by atoms with Crippen LogP contribution in [0, 0.1) is 0 Å². The van der Waals surface area contributed by atoms with E-state index in [-0.39, 0.29) is 18.9 Å². The SMILES string of the molecule is CCOC(=O)CC(=O)NCc1cn[nH]c1. The van der Waals surface area contributed by atoms with Gasteiger partial charge in [0.1, 0.15) is 6.42 Å². The number of rotatable bonds is 5. The third-order valence-corrected chi connectivity index (χ3v) is 1.65. The van der Waals surface area contributed by atoms with E-state index in [1.165, 1.54) is 0 Å². The number of H-pyrrole nitrogens is 1. The lowest BCUT2D eigenvalue weighted by Gasteiger charge is -2.03. The summed E-state index contributed by atoms with van der Waals surface area (Å²) in [5.41, 5.74) is 0.854. The van der Waals surface area contributed by atoms with Gasteiger partial charge in [-0.05, 0) is 6.92 Å². The number of carbonyl (C=O) groups is 2. The van der Waals surface area contributed by atoms with Gasteiger partial charge in [0, 0.05) is 18.3 Å². The van der Waals surface area contributed by atoms with Crippen molar-refractivity contribution >= 4 is 11.9 Å². The van der Waals surface area contributed by atoms with E-state index in [2.05, 4.69) is 20.3 Å². The highest BCUT2D eigenvalue weighted by atomic mass is 16.5. The van der Waals surface area contributed by atoms with Gasteiger partial charge in [0.2, 0.25) is 5.91 Å². The van der Waals surface area contributed by atoms with E-state index in [0.717, 1.165) is 5.56 Å². The Bertz CT molecular complexity index is 321. The Hall–Kier alpha value is -1.85. The highest BCUT2D eigenvalue weighted by molar-refractivity contribution is 5.94. The zero-order valence-corrected chi connectivity index (χ0v) is 8.45. The molecule has 0 saturated heterocycles. The summed E-state index contributed by atoms with van der Waals surface area (Å²) in [6, 6.07) is 0. The fourth-order valence-electron chi connectivity index (χ4n) is 0.981. The lowest BCUT2D eigenvalue weighted by atomic mass is 10.3. The number of esters is 1. The Morgan fingerprint density at radius 1 is 1.60 bits per heavy atom. The molecule has 82 valence electrons. The maximum absolute atomic E-state index is 11.2. The number of nitrogens with one attached hydrogen (secondary N) is 2. The monoisotopic (exact) mass is 211 g/mol. The maximum Gasteiger partial charge on any atom is 0.315 e. The Morgan fingerprint density at radius 3 is 3.00 bits per heavy atom. The Morgan fingerprint density at radius 2 is 2.40 bits per heavy atom. The molecule has 0 aromatic carbocycles.